The molecule has 114 valence electrons. The van der Waals surface area contributed by atoms with Crippen LogP contribution in [0.1, 0.15) is 12.5 Å². The van der Waals surface area contributed by atoms with E-state index in [4.69, 9.17) is 11.6 Å². The quantitative estimate of drug-likeness (QED) is 0.793. The van der Waals surface area contributed by atoms with E-state index in [1.165, 1.54) is 32.2 Å². The first kappa shape index (κ1) is 15.9. The SMILES string of the molecule is CN1N=C(c2ccc(S(C)(=O)=O)c(Cl)c2)C(C)(NO)C1=O. The van der Waals surface area contributed by atoms with Crippen LogP contribution >= 0.6 is 11.6 Å². The zero-order chi connectivity index (χ0) is 16.0. The van der Waals surface area contributed by atoms with Crippen LogP contribution in [-0.2, 0) is 14.6 Å². The Bertz CT molecular complexity index is 747. The van der Waals surface area contributed by atoms with Crippen molar-refractivity contribution in [2.24, 2.45) is 5.10 Å². The number of carbonyl (C=O) groups excluding carboxylic acids is 1. The predicted octanol–water partition coefficient (Wildman–Crippen LogP) is 0.657. The maximum atomic E-state index is 12.0. The number of nitrogens with one attached hydrogen (secondary N) is 1. The van der Waals surface area contributed by atoms with Crippen molar-refractivity contribution in [3.05, 3.63) is 28.8 Å². The number of hydrogen-bond donors (Lipinski definition) is 2. The van der Waals surface area contributed by atoms with Crippen LogP contribution < -0.4 is 5.48 Å². The molecule has 1 amide bonds. The molecule has 1 atom stereocenters. The number of halogens is 1. The van der Waals surface area contributed by atoms with E-state index in [0.717, 1.165) is 11.3 Å². The van der Waals surface area contributed by atoms with Crippen molar-refractivity contribution in [3.63, 3.8) is 0 Å². The molecule has 0 aromatic heterocycles. The van der Waals surface area contributed by atoms with Gasteiger partial charge in [0.15, 0.2) is 15.4 Å². The molecule has 1 aliphatic heterocycles. The number of sulfone groups is 1. The predicted molar refractivity (Wildman–Crippen MR) is 77.2 cm³/mol. The summed E-state index contributed by atoms with van der Waals surface area (Å²) in [5.41, 5.74) is 1.23. The second kappa shape index (κ2) is 5.06. The summed E-state index contributed by atoms with van der Waals surface area (Å²) in [6, 6.07) is 4.23. The molecule has 0 saturated carbocycles. The lowest BCUT2D eigenvalue weighted by Crippen LogP contribution is -2.53. The summed E-state index contributed by atoms with van der Waals surface area (Å²) in [5.74, 6) is -0.441. The van der Waals surface area contributed by atoms with E-state index in [-0.39, 0.29) is 15.6 Å². The average molecular weight is 332 g/mol. The highest BCUT2D eigenvalue weighted by molar-refractivity contribution is 7.90. The second-order valence-electron chi connectivity index (χ2n) is 4.93. The summed E-state index contributed by atoms with van der Waals surface area (Å²) in [6.07, 6.45) is 1.05. The number of nitrogens with zero attached hydrogens (tertiary/aromatic N) is 2. The van der Waals surface area contributed by atoms with Crippen LogP contribution in [0, 0.1) is 0 Å². The summed E-state index contributed by atoms with van der Waals surface area (Å²) < 4.78 is 23.1. The van der Waals surface area contributed by atoms with Gasteiger partial charge in [0.2, 0.25) is 0 Å². The zero-order valence-corrected chi connectivity index (χ0v) is 13.2. The van der Waals surface area contributed by atoms with E-state index in [2.05, 4.69) is 5.10 Å². The maximum absolute atomic E-state index is 12.0. The van der Waals surface area contributed by atoms with Gasteiger partial charge in [-0.3, -0.25) is 4.79 Å². The molecular weight excluding hydrogens is 318 g/mol. The first-order valence-corrected chi connectivity index (χ1v) is 8.16. The Hall–Kier alpha value is -1.48. The van der Waals surface area contributed by atoms with Gasteiger partial charge >= 0.3 is 0 Å². The van der Waals surface area contributed by atoms with Gasteiger partial charge in [0.25, 0.3) is 5.91 Å². The summed E-state index contributed by atoms with van der Waals surface area (Å²) in [6.45, 7) is 1.47. The number of hydrazone groups is 1. The average Bonchev–Trinajstić information content (AvgIpc) is 2.62. The third-order valence-electron chi connectivity index (χ3n) is 3.27. The minimum Gasteiger partial charge on any atom is -0.315 e. The molecule has 1 aromatic carbocycles. The fourth-order valence-electron chi connectivity index (χ4n) is 2.12. The molecule has 1 aliphatic rings. The Morgan fingerprint density at radius 3 is 2.52 bits per heavy atom. The van der Waals surface area contributed by atoms with Crippen molar-refractivity contribution >= 4 is 33.1 Å². The maximum Gasteiger partial charge on any atom is 0.270 e. The third-order valence-corrected chi connectivity index (χ3v) is 4.85. The van der Waals surface area contributed by atoms with Crippen molar-refractivity contribution in [2.45, 2.75) is 17.4 Å². The number of benzene rings is 1. The van der Waals surface area contributed by atoms with Gasteiger partial charge in [0.05, 0.1) is 9.92 Å². The standard InChI is InChI=1S/C12H14ClN3O4S/c1-12(15-18)10(14-16(2)11(12)17)7-4-5-9(8(13)6-7)21(3,19)20/h4-6,15,18H,1-3H3. The van der Waals surface area contributed by atoms with Crippen LogP contribution in [0.3, 0.4) is 0 Å². The molecule has 1 aromatic rings. The Morgan fingerprint density at radius 2 is 2.05 bits per heavy atom. The van der Waals surface area contributed by atoms with Gasteiger partial charge in [-0.25, -0.2) is 13.4 Å². The van der Waals surface area contributed by atoms with Crippen LogP contribution in [0.15, 0.2) is 28.2 Å². The number of likely N-dealkylation sites (N-methyl/N-ethyl adjacent to an activating group) is 1. The van der Waals surface area contributed by atoms with Crippen LogP contribution in [-0.4, -0.2) is 49.1 Å². The lowest BCUT2D eigenvalue weighted by atomic mass is 9.91. The Kier molecular flexibility index (Phi) is 3.83. The highest BCUT2D eigenvalue weighted by Crippen LogP contribution is 2.28. The molecule has 1 heterocycles. The lowest BCUT2D eigenvalue weighted by molar-refractivity contribution is -0.134. The monoisotopic (exact) mass is 331 g/mol. The van der Waals surface area contributed by atoms with Gasteiger partial charge in [0, 0.05) is 18.9 Å². The molecule has 2 N–H and O–H groups in total. The molecule has 1 unspecified atom stereocenters. The second-order valence-corrected chi connectivity index (χ2v) is 7.32. The fourth-order valence-corrected chi connectivity index (χ4v) is 3.45. The summed E-state index contributed by atoms with van der Waals surface area (Å²) in [5, 5.41) is 14.5. The normalized spacial score (nSPS) is 22.6. The van der Waals surface area contributed by atoms with Crippen LogP contribution in [0.4, 0.5) is 0 Å². The van der Waals surface area contributed by atoms with Gasteiger partial charge < -0.3 is 5.21 Å². The van der Waals surface area contributed by atoms with Gasteiger partial charge in [-0.2, -0.15) is 10.6 Å². The summed E-state index contributed by atoms with van der Waals surface area (Å²) in [7, 11) is -1.99. The molecule has 0 radical (unpaired) electrons. The fraction of sp³-hybridized carbons (Fsp3) is 0.333. The first-order chi connectivity index (χ1) is 9.61. The van der Waals surface area contributed by atoms with Crippen molar-refractivity contribution in [1.29, 1.82) is 0 Å². The van der Waals surface area contributed by atoms with Crippen molar-refractivity contribution in [3.8, 4) is 0 Å². The molecule has 0 saturated heterocycles. The van der Waals surface area contributed by atoms with Crippen molar-refractivity contribution < 1.29 is 18.4 Å². The number of rotatable bonds is 3. The van der Waals surface area contributed by atoms with Crippen molar-refractivity contribution in [2.75, 3.05) is 13.3 Å². The van der Waals surface area contributed by atoms with E-state index in [0.29, 0.717) is 5.56 Å². The molecule has 0 spiro atoms. The minimum absolute atomic E-state index is 0.00939. The largest absolute Gasteiger partial charge is 0.315 e. The van der Waals surface area contributed by atoms with E-state index < -0.39 is 21.3 Å². The number of carbonyl (C=O) groups is 1. The van der Waals surface area contributed by atoms with Gasteiger partial charge in [0.1, 0.15) is 5.71 Å². The Labute approximate surface area is 127 Å². The topological polar surface area (TPSA) is 99.1 Å². The minimum atomic E-state index is -3.44. The molecule has 2 rings (SSSR count). The molecule has 0 aliphatic carbocycles. The number of amides is 1. The zero-order valence-electron chi connectivity index (χ0n) is 11.6. The molecule has 7 nitrogen and oxygen atoms in total. The Morgan fingerprint density at radius 1 is 1.43 bits per heavy atom. The van der Waals surface area contributed by atoms with Crippen LogP contribution in [0.5, 0.6) is 0 Å². The number of hydrogen-bond acceptors (Lipinski definition) is 6. The van der Waals surface area contributed by atoms with E-state index in [9.17, 15) is 18.4 Å². The summed E-state index contributed by atoms with van der Waals surface area (Å²) in [4.78, 5) is 12.0. The van der Waals surface area contributed by atoms with E-state index in [1.54, 1.807) is 0 Å². The van der Waals surface area contributed by atoms with E-state index >= 15 is 0 Å². The molecule has 9 heteroatoms. The van der Waals surface area contributed by atoms with Gasteiger partial charge in [-0.05, 0) is 19.1 Å². The van der Waals surface area contributed by atoms with E-state index in [1.807, 2.05) is 5.48 Å². The molecule has 21 heavy (non-hydrogen) atoms. The van der Waals surface area contributed by atoms with Crippen LogP contribution in [0.25, 0.3) is 0 Å². The summed E-state index contributed by atoms with van der Waals surface area (Å²) >= 11 is 5.99. The highest BCUT2D eigenvalue weighted by Gasteiger charge is 2.46. The Balaban J connectivity index is 2.56. The first-order valence-electron chi connectivity index (χ1n) is 5.89. The van der Waals surface area contributed by atoms with Gasteiger partial charge in [-0.15, -0.1) is 0 Å². The highest BCUT2D eigenvalue weighted by atomic mass is 35.5. The lowest BCUT2D eigenvalue weighted by Gasteiger charge is -2.22. The number of hydroxylamine groups is 1. The molecular formula is C12H14ClN3O4S. The molecule has 0 bridgehead atoms. The van der Waals surface area contributed by atoms with Gasteiger partial charge in [-0.1, -0.05) is 17.7 Å². The third kappa shape index (κ3) is 2.55. The van der Waals surface area contributed by atoms with Crippen molar-refractivity contribution in [1.82, 2.24) is 10.5 Å². The molecule has 0 fully saturated rings. The van der Waals surface area contributed by atoms with Crippen LogP contribution in [0.2, 0.25) is 5.02 Å². The smallest absolute Gasteiger partial charge is 0.270 e.